The highest BCUT2D eigenvalue weighted by molar-refractivity contribution is 5.32. The molecule has 2 rings (SSSR count). The largest absolute Gasteiger partial charge is 0.381 e. The third-order valence-corrected chi connectivity index (χ3v) is 3.48. The maximum absolute atomic E-state index is 5.80. The molecular weight excluding hydrogens is 230 g/mol. The fourth-order valence-electron chi connectivity index (χ4n) is 2.37. The first kappa shape index (κ1) is 13.3. The molecule has 0 bridgehead atoms. The number of aromatic nitrogens is 3. The fourth-order valence-corrected chi connectivity index (χ4v) is 2.37. The molecule has 1 aliphatic rings. The highest BCUT2D eigenvalue weighted by Gasteiger charge is 2.23. The quantitative estimate of drug-likeness (QED) is 0.847. The molecule has 0 amide bonds. The third-order valence-electron chi connectivity index (χ3n) is 3.48. The normalized spacial score (nSPS) is 21.7. The van der Waals surface area contributed by atoms with Crippen molar-refractivity contribution in [2.75, 3.05) is 25.4 Å². The second kappa shape index (κ2) is 5.67. The Hall–Kier alpha value is -1.14. The van der Waals surface area contributed by atoms with Crippen LogP contribution in [0, 0.1) is 0 Å². The van der Waals surface area contributed by atoms with Crippen LogP contribution in [0.5, 0.6) is 0 Å². The minimum Gasteiger partial charge on any atom is -0.381 e. The zero-order chi connectivity index (χ0) is 13.1. The van der Waals surface area contributed by atoms with Gasteiger partial charge in [-0.1, -0.05) is 12.1 Å². The summed E-state index contributed by atoms with van der Waals surface area (Å²) in [5.74, 6) is 0.536. The van der Waals surface area contributed by atoms with Gasteiger partial charge in [-0.15, -0.1) is 5.10 Å². The number of ether oxygens (including phenoxy) is 1. The Balaban J connectivity index is 2.00. The SMILES string of the molecule is CCc1c(N)nnn1CC1CN(C(C)C)CCO1. The lowest BCUT2D eigenvalue weighted by Gasteiger charge is -2.35. The van der Waals surface area contributed by atoms with E-state index in [4.69, 9.17) is 10.5 Å². The lowest BCUT2D eigenvalue weighted by Crippen LogP contribution is -2.47. The molecule has 0 aliphatic carbocycles. The van der Waals surface area contributed by atoms with Gasteiger partial charge in [0, 0.05) is 19.1 Å². The van der Waals surface area contributed by atoms with Crippen LogP contribution in [0.25, 0.3) is 0 Å². The van der Waals surface area contributed by atoms with Gasteiger partial charge in [0.1, 0.15) is 0 Å². The molecule has 102 valence electrons. The average molecular weight is 253 g/mol. The second-order valence-corrected chi connectivity index (χ2v) is 5.04. The van der Waals surface area contributed by atoms with Crippen LogP contribution in [0.3, 0.4) is 0 Å². The number of rotatable bonds is 4. The molecule has 2 heterocycles. The van der Waals surface area contributed by atoms with Crippen molar-refractivity contribution in [1.29, 1.82) is 0 Å². The molecule has 0 aromatic carbocycles. The van der Waals surface area contributed by atoms with E-state index in [9.17, 15) is 0 Å². The number of morpholine rings is 1. The maximum Gasteiger partial charge on any atom is 0.169 e. The summed E-state index contributed by atoms with van der Waals surface area (Å²) >= 11 is 0. The van der Waals surface area contributed by atoms with Gasteiger partial charge in [0.25, 0.3) is 0 Å². The molecule has 6 nitrogen and oxygen atoms in total. The molecule has 1 atom stereocenters. The molecule has 2 N–H and O–H groups in total. The molecule has 1 unspecified atom stereocenters. The van der Waals surface area contributed by atoms with Crippen LogP contribution in [-0.2, 0) is 17.7 Å². The molecule has 6 heteroatoms. The van der Waals surface area contributed by atoms with Crippen molar-refractivity contribution in [3.05, 3.63) is 5.69 Å². The number of anilines is 1. The molecule has 0 radical (unpaired) electrons. The van der Waals surface area contributed by atoms with Crippen LogP contribution in [0.15, 0.2) is 0 Å². The van der Waals surface area contributed by atoms with Crippen LogP contribution in [0.4, 0.5) is 5.82 Å². The molecule has 1 aromatic rings. The standard InChI is InChI=1S/C12H23N5O/c1-4-11-12(13)14-15-17(11)8-10-7-16(9(2)3)5-6-18-10/h9-10H,4-8,13H2,1-3H3. The Morgan fingerprint density at radius 2 is 2.28 bits per heavy atom. The van der Waals surface area contributed by atoms with Crippen LogP contribution in [0.2, 0.25) is 0 Å². The number of nitrogens with zero attached hydrogens (tertiary/aromatic N) is 4. The summed E-state index contributed by atoms with van der Waals surface area (Å²) in [7, 11) is 0. The highest BCUT2D eigenvalue weighted by atomic mass is 16.5. The molecule has 1 saturated heterocycles. The van der Waals surface area contributed by atoms with E-state index in [2.05, 4.69) is 36.0 Å². The van der Waals surface area contributed by atoms with E-state index < -0.39 is 0 Å². The van der Waals surface area contributed by atoms with E-state index in [1.165, 1.54) is 0 Å². The van der Waals surface area contributed by atoms with Gasteiger partial charge < -0.3 is 10.5 Å². The molecule has 0 spiro atoms. The van der Waals surface area contributed by atoms with Crippen LogP contribution >= 0.6 is 0 Å². The summed E-state index contributed by atoms with van der Waals surface area (Å²) in [5.41, 5.74) is 6.79. The summed E-state index contributed by atoms with van der Waals surface area (Å²) in [4.78, 5) is 2.43. The maximum atomic E-state index is 5.80. The van der Waals surface area contributed by atoms with Crippen molar-refractivity contribution in [3.63, 3.8) is 0 Å². The predicted molar refractivity (Wildman–Crippen MR) is 70.3 cm³/mol. The summed E-state index contributed by atoms with van der Waals surface area (Å²) in [5, 5.41) is 8.02. The van der Waals surface area contributed by atoms with Crippen molar-refractivity contribution in [1.82, 2.24) is 19.9 Å². The lowest BCUT2D eigenvalue weighted by atomic mass is 10.2. The van der Waals surface area contributed by atoms with Crippen molar-refractivity contribution in [2.24, 2.45) is 0 Å². The fraction of sp³-hybridized carbons (Fsp3) is 0.833. The smallest absolute Gasteiger partial charge is 0.169 e. The Kier molecular flexibility index (Phi) is 4.19. The van der Waals surface area contributed by atoms with E-state index in [0.29, 0.717) is 11.9 Å². The Morgan fingerprint density at radius 3 is 2.94 bits per heavy atom. The van der Waals surface area contributed by atoms with E-state index in [0.717, 1.165) is 38.4 Å². The van der Waals surface area contributed by atoms with Crippen molar-refractivity contribution in [2.45, 2.75) is 45.9 Å². The molecular formula is C12H23N5O. The first-order valence-corrected chi connectivity index (χ1v) is 6.65. The zero-order valence-corrected chi connectivity index (χ0v) is 11.5. The van der Waals surface area contributed by atoms with Crippen LogP contribution < -0.4 is 5.73 Å². The average Bonchev–Trinajstić information content (AvgIpc) is 2.70. The van der Waals surface area contributed by atoms with E-state index >= 15 is 0 Å². The number of nitrogen functional groups attached to an aromatic ring is 1. The van der Waals surface area contributed by atoms with Gasteiger partial charge in [0.15, 0.2) is 5.82 Å². The van der Waals surface area contributed by atoms with Gasteiger partial charge in [-0.2, -0.15) is 0 Å². The molecule has 18 heavy (non-hydrogen) atoms. The highest BCUT2D eigenvalue weighted by Crippen LogP contribution is 2.13. The molecule has 0 saturated carbocycles. The zero-order valence-electron chi connectivity index (χ0n) is 11.5. The van der Waals surface area contributed by atoms with Crippen molar-refractivity contribution >= 4 is 5.82 Å². The van der Waals surface area contributed by atoms with E-state index in [1.807, 2.05) is 4.68 Å². The van der Waals surface area contributed by atoms with Crippen LogP contribution in [0.1, 0.15) is 26.5 Å². The molecule has 1 aliphatic heterocycles. The molecule has 1 fully saturated rings. The van der Waals surface area contributed by atoms with Crippen molar-refractivity contribution in [3.8, 4) is 0 Å². The summed E-state index contributed by atoms with van der Waals surface area (Å²) < 4.78 is 7.68. The van der Waals surface area contributed by atoms with E-state index in [1.54, 1.807) is 0 Å². The van der Waals surface area contributed by atoms with Crippen LogP contribution in [-0.4, -0.2) is 51.7 Å². The number of hydrogen-bond donors (Lipinski definition) is 1. The van der Waals surface area contributed by atoms with Gasteiger partial charge in [-0.25, -0.2) is 4.68 Å². The monoisotopic (exact) mass is 253 g/mol. The second-order valence-electron chi connectivity index (χ2n) is 5.04. The van der Waals surface area contributed by atoms with Gasteiger partial charge in [-0.05, 0) is 20.3 Å². The van der Waals surface area contributed by atoms with E-state index in [-0.39, 0.29) is 6.10 Å². The minimum atomic E-state index is 0.174. The first-order chi connectivity index (χ1) is 8.61. The van der Waals surface area contributed by atoms with Gasteiger partial charge in [0.2, 0.25) is 0 Å². The van der Waals surface area contributed by atoms with Gasteiger partial charge in [-0.3, -0.25) is 4.90 Å². The number of nitrogens with two attached hydrogens (primary N) is 1. The Labute approximate surface area is 108 Å². The third kappa shape index (κ3) is 2.81. The van der Waals surface area contributed by atoms with Gasteiger partial charge >= 0.3 is 0 Å². The summed E-state index contributed by atoms with van der Waals surface area (Å²) in [6.07, 6.45) is 1.02. The Bertz CT molecular complexity index is 390. The van der Waals surface area contributed by atoms with Crippen molar-refractivity contribution < 1.29 is 4.74 Å². The molecule has 1 aromatic heterocycles. The lowest BCUT2D eigenvalue weighted by molar-refractivity contribution is -0.0474. The first-order valence-electron chi connectivity index (χ1n) is 6.65. The summed E-state index contributed by atoms with van der Waals surface area (Å²) in [6, 6.07) is 0.558. The minimum absolute atomic E-state index is 0.174. The number of hydrogen-bond acceptors (Lipinski definition) is 5. The predicted octanol–water partition coefficient (Wildman–Crippen LogP) is 0.532. The Morgan fingerprint density at radius 1 is 1.50 bits per heavy atom. The summed E-state index contributed by atoms with van der Waals surface area (Å²) in [6.45, 7) is 9.97. The van der Waals surface area contributed by atoms with Gasteiger partial charge in [0.05, 0.1) is 24.9 Å². The topological polar surface area (TPSA) is 69.2 Å².